The molecule has 1 heterocycles. The van der Waals surface area contributed by atoms with Crippen molar-refractivity contribution in [3.05, 3.63) is 46.2 Å². The lowest BCUT2D eigenvalue weighted by Gasteiger charge is -2.27. The minimum absolute atomic E-state index is 0.318. The normalized spacial score (nSPS) is 12.1. The minimum Gasteiger partial charge on any atom is -0.398 e. The van der Waals surface area contributed by atoms with E-state index in [0.717, 1.165) is 12.1 Å². The van der Waals surface area contributed by atoms with Crippen molar-refractivity contribution in [1.82, 2.24) is 0 Å². The van der Waals surface area contributed by atoms with Gasteiger partial charge in [-0.2, -0.15) is 0 Å². The average Bonchev–Trinajstić information content (AvgIpc) is 2.91. The second-order valence-electron chi connectivity index (χ2n) is 4.88. The van der Waals surface area contributed by atoms with Gasteiger partial charge in [-0.1, -0.05) is 6.07 Å². The van der Waals surface area contributed by atoms with Crippen LogP contribution in [0.15, 0.2) is 35.7 Å². The van der Waals surface area contributed by atoms with Crippen molar-refractivity contribution >= 4 is 28.6 Å². The predicted molar refractivity (Wildman–Crippen MR) is 85.3 cm³/mol. The fourth-order valence-corrected chi connectivity index (χ4v) is 2.91. The number of hydrogen-bond donors (Lipinski definition) is 2. The van der Waals surface area contributed by atoms with Gasteiger partial charge in [-0.15, -0.1) is 11.3 Å². The summed E-state index contributed by atoms with van der Waals surface area (Å²) in [6, 6.07) is 9.89. The van der Waals surface area contributed by atoms with Gasteiger partial charge in [0.1, 0.15) is 0 Å². The Labute approximate surface area is 123 Å². The van der Waals surface area contributed by atoms with Gasteiger partial charge < -0.3 is 16.4 Å². The zero-order chi connectivity index (χ0) is 14.7. The quantitative estimate of drug-likeness (QED) is 0.831. The Kier molecular flexibility index (Phi) is 4.29. The van der Waals surface area contributed by atoms with Gasteiger partial charge in [0.15, 0.2) is 0 Å². The molecule has 1 atom stereocenters. The number of likely N-dealkylation sites (N-methyl/N-ethyl adjacent to an activating group) is 1. The van der Waals surface area contributed by atoms with Crippen LogP contribution in [0.1, 0.15) is 22.2 Å². The number of nitrogen functional groups attached to an aromatic ring is 1. The molecular formula is C15H19N3OS. The zero-order valence-electron chi connectivity index (χ0n) is 11.7. The number of hydrogen-bond acceptors (Lipinski definition) is 4. The number of benzene rings is 1. The summed E-state index contributed by atoms with van der Waals surface area (Å²) < 4.78 is 0. The Bertz CT molecular complexity index is 595. The molecule has 0 saturated carbocycles. The highest BCUT2D eigenvalue weighted by Crippen LogP contribution is 2.23. The number of rotatable bonds is 5. The number of primary amides is 1. The summed E-state index contributed by atoms with van der Waals surface area (Å²) in [5, 5.41) is 2.08. The smallest absolute Gasteiger partial charge is 0.250 e. The maximum atomic E-state index is 11.3. The lowest BCUT2D eigenvalue weighted by Crippen LogP contribution is -2.30. The van der Waals surface area contributed by atoms with Gasteiger partial charge in [0.25, 0.3) is 5.91 Å². The van der Waals surface area contributed by atoms with Gasteiger partial charge in [-0.25, -0.2) is 0 Å². The van der Waals surface area contributed by atoms with Gasteiger partial charge in [0.2, 0.25) is 0 Å². The molecule has 0 aliphatic rings. The van der Waals surface area contributed by atoms with Crippen LogP contribution in [0.4, 0.5) is 11.4 Å². The maximum Gasteiger partial charge on any atom is 0.250 e. The molecule has 1 amide bonds. The molecule has 0 aliphatic heterocycles. The Balaban J connectivity index is 2.18. The molecule has 20 heavy (non-hydrogen) atoms. The zero-order valence-corrected chi connectivity index (χ0v) is 12.5. The third kappa shape index (κ3) is 3.11. The molecule has 0 saturated heterocycles. The second kappa shape index (κ2) is 5.96. The minimum atomic E-state index is -0.497. The first kappa shape index (κ1) is 14.4. The molecule has 1 aromatic heterocycles. The van der Waals surface area contributed by atoms with Crippen LogP contribution in [0.5, 0.6) is 0 Å². The average molecular weight is 289 g/mol. The molecular weight excluding hydrogens is 270 g/mol. The van der Waals surface area contributed by atoms with E-state index in [-0.39, 0.29) is 0 Å². The molecule has 4 nitrogen and oxygen atoms in total. The molecule has 0 fully saturated rings. The lowest BCUT2D eigenvalue weighted by molar-refractivity contribution is 0.100. The SMILES string of the molecule is CC(Cc1cccs1)N(C)c1ccc(N)c(C(N)=O)c1. The summed E-state index contributed by atoms with van der Waals surface area (Å²) in [7, 11) is 2.01. The Morgan fingerprint density at radius 2 is 2.15 bits per heavy atom. The number of anilines is 2. The highest BCUT2D eigenvalue weighted by Gasteiger charge is 2.14. The van der Waals surface area contributed by atoms with Crippen LogP contribution >= 0.6 is 11.3 Å². The van der Waals surface area contributed by atoms with E-state index in [1.54, 1.807) is 23.5 Å². The van der Waals surface area contributed by atoms with Gasteiger partial charge in [0.05, 0.1) is 5.56 Å². The van der Waals surface area contributed by atoms with Gasteiger partial charge in [0, 0.05) is 35.8 Å². The summed E-state index contributed by atoms with van der Waals surface area (Å²) in [6.07, 6.45) is 0.963. The summed E-state index contributed by atoms with van der Waals surface area (Å²) in [6.45, 7) is 2.15. The van der Waals surface area contributed by atoms with Crippen LogP contribution in [0.2, 0.25) is 0 Å². The molecule has 0 aliphatic carbocycles. The highest BCUT2D eigenvalue weighted by atomic mass is 32.1. The van der Waals surface area contributed by atoms with Crippen molar-refractivity contribution in [2.75, 3.05) is 17.7 Å². The largest absolute Gasteiger partial charge is 0.398 e. The van der Waals surface area contributed by atoms with E-state index in [2.05, 4.69) is 29.3 Å². The van der Waals surface area contributed by atoms with Crippen molar-refractivity contribution < 1.29 is 4.79 Å². The number of amides is 1. The van der Waals surface area contributed by atoms with Crippen LogP contribution in [-0.4, -0.2) is 19.0 Å². The summed E-state index contributed by atoms with van der Waals surface area (Å²) in [4.78, 5) is 14.8. The molecule has 4 N–H and O–H groups in total. The van der Waals surface area contributed by atoms with E-state index in [1.165, 1.54) is 4.88 Å². The first-order valence-corrected chi connectivity index (χ1v) is 7.31. The van der Waals surface area contributed by atoms with Crippen molar-refractivity contribution in [3.8, 4) is 0 Å². The van der Waals surface area contributed by atoms with Gasteiger partial charge in [-0.05, 0) is 36.6 Å². The molecule has 1 unspecified atom stereocenters. The molecule has 5 heteroatoms. The van der Waals surface area contributed by atoms with E-state index in [1.807, 2.05) is 13.1 Å². The van der Waals surface area contributed by atoms with Crippen molar-refractivity contribution in [2.24, 2.45) is 5.73 Å². The van der Waals surface area contributed by atoms with Gasteiger partial charge >= 0.3 is 0 Å². The molecule has 0 radical (unpaired) electrons. The Morgan fingerprint density at radius 1 is 1.40 bits per heavy atom. The fraction of sp³-hybridized carbons (Fsp3) is 0.267. The van der Waals surface area contributed by atoms with Crippen LogP contribution in [0.25, 0.3) is 0 Å². The number of carbonyl (C=O) groups is 1. The van der Waals surface area contributed by atoms with Crippen molar-refractivity contribution in [3.63, 3.8) is 0 Å². The molecule has 2 aromatic rings. The Hall–Kier alpha value is -2.01. The van der Waals surface area contributed by atoms with E-state index in [4.69, 9.17) is 11.5 Å². The number of nitrogens with two attached hydrogens (primary N) is 2. The predicted octanol–water partition coefficient (Wildman–Crippen LogP) is 2.50. The summed E-state index contributed by atoms with van der Waals surface area (Å²) >= 11 is 1.75. The monoisotopic (exact) mass is 289 g/mol. The lowest BCUT2D eigenvalue weighted by atomic mass is 10.1. The van der Waals surface area contributed by atoms with E-state index >= 15 is 0 Å². The van der Waals surface area contributed by atoms with Gasteiger partial charge in [-0.3, -0.25) is 4.79 Å². The van der Waals surface area contributed by atoms with Crippen LogP contribution in [0, 0.1) is 0 Å². The number of thiophene rings is 1. The number of nitrogens with zero attached hydrogens (tertiary/aromatic N) is 1. The summed E-state index contributed by atoms with van der Waals surface area (Å²) in [5.74, 6) is -0.497. The topological polar surface area (TPSA) is 72.3 Å². The van der Waals surface area contributed by atoms with Crippen molar-refractivity contribution in [2.45, 2.75) is 19.4 Å². The van der Waals surface area contributed by atoms with Crippen molar-refractivity contribution in [1.29, 1.82) is 0 Å². The standard InChI is InChI=1S/C15H19N3OS/c1-10(8-12-4-3-7-20-12)18(2)11-5-6-14(16)13(9-11)15(17)19/h3-7,9-10H,8,16H2,1-2H3,(H2,17,19). The van der Waals surface area contributed by atoms with Crippen LogP contribution in [-0.2, 0) is 6.42 Å². The molecule has 0 bridgehead atoms. The number of carbonyl (C=O) groups excluding carboxylic acids is 1. The highest BCUT2D eigenvalue weighted by molar-refractivity contribution is 7.09. The van der Waals surface area contributed by atoms with E-state index < -0.39 is 5.91 Å². The Morgan fingerprint density at radius 3 is 2.75 bits per heavy atom. The van der Waals surface area contributed by atoms with Crippen LogP contribution < -0.4 is 16.4 Å². The third-order valence-electron chi connectivity index (χ3n) is 3.45. The second-order valence-corrected chi connectivity index (χ2v) is 5.91. The summed E-state index contributed by atoms with van der Waals surface area (Å²) in [5.41, 5.74) is 12.8. The van der Waals surface area contributed by atoms with Crippen LogP contribution in [0.3, 0.4) is 0 Å². The fourth-order valence-electron chi connectivity index (χ4n) is 2.09. The van der Waals surface area contributed by atoms with E-state index in [9.17, 15) is 4.79 Å². The van der Waals surface area contributed by atoms with E-state index in [0.29, 0.717) is 17.3 Å². The first-order valence-electron chi connectivity index (χ1n) is 6.43. The molecule has 1 aromatic carbocycles. The third-order valence-corrected chi connectivity index (χ3v) is 4.35. The molecule has 106 valence electrons. The maximum absolute atomic E-state index is 11.3. The molecule has 0 spiro atoms. The first-order chi connectivity index (χ1) is 9.49. The molecule has 2 rings (SSSR count).